The fourth-order valence-corrected chi connectivity index (χ4v) is 4.50. The van der Waals surface area contributed by atoms with Gasteiger partial charge >= 0.3 is 5.97 Å². The molecule has 0 saturated heterocycles. The van der Waals surface area contributed by atoms with Crippen LogP contribution < -0.4 is 20.1 Å². The Morgan fingerprint density at radius 1 is 1.08 bits per heavy atom. The van der Waals surface area contributed by atoms with Gasteiger partial charge in [0.15, 0.2) is 0 Å². The molecule has 2 aromatic rings. The van der Waals surface area contributed by atoms with Crippen LogP contribution in [-0.2, 0) is 27.5 Å². The summed E-state index contributed by atoms with van der Waals surface area (Å²) in [6, 6.07) is 14.8. The van der Waals surface area contributed by atoms with Gasteiger partial charge in [-0.25, -0.2) is 4.79 Å². The lowest BCUT2D eigenvalue weighted by Gasteiger charge is -2.38. The lowest BCUT2D eigenvalue weighted by Crippen LogP contribution is -2.58. The molecule has 0 aromatic heterocycles. The van der Waals surface area contributed by atoms with E-state index in [-0.39, 0.29) is 36.1 Å². The monoisotopic (exact) mass is 510 g/mol. The van der Waals surface area contributed by atoms with E-state index >= 15 is 0 Å². The minimum absolute atomic E-state index is 0.0188. The maximum absolute atomic E-state index is 12.0. The average molecular weight is 511 g/mol. The number of amides is 1. The molecule has 0 unspecified atom stereocenters. The predicted molar refractivity (Wildman–Crippen MR) is 142 cm³/mol. The van der Waals surface area contributed by atoms with Crippen LogP contribution in [0.2, 0.25) is 0 Å². The summed E-state index contributed by atoms with van der Waals surface area (Å²) in [5.74, 6) is 0.366. The standard InChI is InChI=1S/C29H38N2O6/c1-5-23(6-2)37-27-16-22(29(33)34)15-25(28(27)31-19(3)32)30-17-20-11-13-24(14-12-20)36-18-21-9-7-8-10-26(21)35-4/h7-14,16,23,25,27-28,30H,5-6,15,17-18H2,1-4H3,(H,31,32)(H,33,34)/t25-,27+,28+/m0/s1. The highest BCUT2D eigenvalue weighted by molar-refractivity contribution is 5.87. The van der Waals surface area contributed by atoms with Gasteiger partial charge in [0.1, 0.15) is 18.1 Å². The van der Waals surface area contributed by atoms with Crippen LogP contribution in [0.5, 0.6) is 11.5 Å². The fraction of sp³-hybridized carbons (Fsp3) is 0.448. The summed E-state index contributed by atoms with van der Waals surface area (Å²) in [7, 11) is 1.64. The first-order valence-corrected chi connectivity index (χ1v) is 12.8. The number of ether oxygens (including phenoxy) is 3. The van der Waals surface area contributed by atoms with E-state index in [9.17, 15) is 14.7 Å². The average Bonchev–Trinajstić information content (AvgIpc) is 2.90. The number of rotatable bonds is 13. The molecule has 0 heterocycles. The van der Waals surface area contributed by atoms with E-state index in [4.69, 9.17) is 14.2 Å². The molecule has 0 aliphatic heterocycles. The molecule has 1 aliphatic rings. The molecule has 3 N–H and O–H groups in total. The number of carbonyl (C=O) groups excluding carboxylic acids is 1. The van der Waals surface area contributed by atoms with Crippen LogP contribution in [-0.4, -0.2) is 48.4 Å². The molecule has 200 valence electrons. The van der Waals surface area contributed by atoms with Crippen LogP contribution in [0.4, 0.5) is 0 Å². The second-order valence-corrected chi connectivity index (χ2v) is 9.20. The van der Waals surface area contributed by atoms with Crippen molar-refractivity contribution in [1.82, 2.24) is 10.6 Å². The SMILES string of the molecule is CCC(CC)O[C@@H]1C=C(C(=O)O)C[C@H](NCc2ccc(OCc3ccccc3OC)cc2)[C@H]1NC(C)=O. The van der Waals surface area contributed by atoms with E-state index in [1.165, 1.54) is 6.92 Å². The zero-order valence-corrected chi connectivity index (χ0v) is 22.0. The largest absolute Gasteiger partial charge is 0.496 e. The molecular formula is C29H38N2O6. The molecule has 37 heavy (non-hydrogen) atoms. The maximum atomic E-state index is 12.0. The normalized spacial score (nSPS) is 19.3. The number of aliphatic carboxylic acids is 1. The number of benzene rings is 2. The number of para-hydroxylation sites is 1. The van der Waals surface area contributed by atoms with E-state index in [2.05, 4.69) is 10.6 Å². The lowest BCUT2D eigenvalue weighted by molar-refractivity contribution is -0.133. The summed E-state index contributed by atoms with van der Waals surface area (Å²) in [5.41, 5.74) is 2.26. The Labute approximate surface area is 219 Å². The highest BCUT2D eigenvalue weighted by atomic mass is 16.5. The van der Waals surface area contributed by atoms with Gasteiger partial charge in [0.2, 0.25) is 5.91 Å². The molecule has 1 aliphatic carbocycles. The molecule has 2 aromatic carbocycles. The van der Waals surface area contributed by atoms with Crippen molar-refractivity contribution in [2.75, 3.05) is 7.11 Å². The van der Waals surface area contributed by atoms with Crippen molar-refractivity contribution in [1.29, 1.82) is 0 Å². The van der Waals surface area contributed by atoms with Crippen LogP contribution >= 0.6 is 0 Å². The van der Waals surface area contributed by atoms with Gasteiger partial charge in [-0.2, -0.15) is 0 Å². The van der Waals surface area contributed by atoms with Gasteiger partial charge in [-0.3, -0.25) is 4.79 Å². The number of carboxylic acids is 1. The third-order valence-corrected chi connectivity index (χ3v) is 6.58. The van der Waals surface area contributed by atoms with Gasteiger partial charge in [0, 0.05) is 30.6 Å². The topological polar surface area (TPSA) is 106 Å². The predicted octanol–water partition coefficient (Wildman–Crippen LogP) is 4.23. The van der Waals surface area contributed by atoms with Gasteiger partial charge in [0.25, 0.3) is 0 Å². The summed E-state index contributed by atoms with van der Waals surface area (Å²) in [6.07, 6.45) is 2.99. The highest BCUT2D eigenvalue weighted by Crippen LogP contribution is 2.25. The van der Waals surface area contributed by atoms with Crippen LogP contribution in [0.15, 0.2) is 60.2 Å². The van der Waals surface area contributed by atoms with E-state index in [1.54, 1.807) is 13.2 Å². The number of hydrogen-bond donors (Lipinski definition) is 3. The van der Waals surface area contributed by atoms with Crippen LogP contribution in [0, 0.1) is 0 Å². The first kappa shape index (κ1) is 28.2. The van der Waals surface area contributed by atoms with Gasteiger partial charge in [-0.05, 0) is 49.1 Å². The molecular weight excluding hydrogens is 472 g/mol. The molecule has 0 bridgehead atoms. The Hall–Kier alpha value is -3.36. The maximum Gasteiger partial charge on any atom is 0.331 e. The molecule has 1 amide bonds. The fourth-order valence-electron chi connectivity index (χ4n) is 4.50. The Kier molecular flexibility index (Phi) is 10.5. The van der Waals surface area contributed by atoms with Crippen molar-refractivity contribution in [3.05, 3.63) is 71.3 Å². The Morgan fingerprint density at radius 3 is 2.41 bits per heavy atom. The number of carboxylic acid groups (broad SMARTS) is 1. The number of nitrogens with one attached hydrogen (secondary N) is 2. The smallest absolute Gasteiger partial charge is 0.331 e. The molecule has 0 fully saturated rings. The minimum atomic E-state index is -0.970. The molecule has 8 heteroatoms. The van der Waals surface area contributed by atoms with Crippen molar-refractivity contribution in [3.8, 4) is 11.5 Å². The van der Waals surface area contributed by atoms with Crippen molar-refractivity contribution in [2.45, 2.75) is 77.5 Å². The second-order valence-electron chi connectivity index (χ2n) is 9.20. The van der Waals surface area contributed by atoms with E-state index < -0.39 is 12.1 Å². The van der Waals surface area contributed by atoms with Crippen LogP contribution in [0.25, 0.3) is 0 Å². The Morgan fingerprint density at radius 2 is 1.78 bits per heavy atom. The third-order valence-electron chi connectivity index (χ3n) is 6.58. The zero-order chi connectivity index (χ0) is 26.8. The van der Waals surface area contributed by atoms with Gasteiger partial charge in [-0.1, -0.05) is 44.2 Å². The molecule has 0 radical (unpaired) electrons. The van der Waals surface area contributed by atoms with Gasteiger partial charge in [-0.15, -0.1) is 0 Å². The summed E-state index contributed by atoms with van der Waals surface area (Å²) >= 11 is 0. The van der Waals surface area contributed by atoms with Crippen molar-refractivity contribution >= 4 is 11.9 Å². The summed E-state index contributed by atoms with van der Waals surface area (Å²) in [6.45, 7) is 6.42. The first-order valence-electron chi connectivity index (χ1n) is 12.8. The molecule has 3 rings (SSSR count). The van der Waals surface area contributed by atoms with E-state index in [1.807, 2.05) is 62.4 Å². The number of hydrogen-bond acceptors (Lipinski definition) is 6. The first-order chi connectivity index (χ1) is 17.8. The van der Waals surface area contributed by atoms with Gasteiger partial charge in [0.05, 0.1) is 25.4 Å². The van der Waals surface area contributed by atoms with Crippen LogP contribution in [0.1, 0.15) is 51.2 Å². The Balaban J connectivity index is 1.67. The van der Waals surface area contributed by atoms with E-state index in [0.717, 1.165) is 35.5 Å². The van der Waals surface area contributed by atoms with E-state index in [0.29, 0.717) is 13.2 Å². The molecule has 3 atom stereocenters. The van der Waals surface area contributed by atoms with Gasteiger partial charge < -0.3 is 30.0 Å². The highest BCUT2D eigenvalue weighted by Gasteiger charge is 2.37. The van der Waals surface area contributed by atoms with Crippen molar-refractivity contribution < 1.29 is 28.9 Å². The summed E-state index contributed by atoms with van der Waals surface area (Å²) < 4.78 is 17.5. The quantitative estimate of drug-likeness (QED) is 0.370. The lowest BCUT2D eigenvalue weighted by atomic mass is 9.87. The summed E-state index contributed by atoms with van der Waals surface area (Å²) in [4.78, 5) is 23.9. The molecule has 0 saturated carbocycles. The second kappa shape index (κ2) is 13.8. The van der Waals surface area contributed by atoms with Crippen molar-refractivity contribution in [2.24, 2.45) is 0 Å². The molecule has 8 nitrogen and oxygen atoms in total. The van der Waals surface area contributed by atoms with Crippen LogP contribution in [0.3, 0.4) is 0 Å². The van der Waals surface area contributed by atoms with Crippen molar-refractivity contribution in [3.63, 3.8) is 0 Å². The summed E-state index contributed by atoms with van der Waals surface area (Å²) in [5, 5.41) is 16.2. The zero-order valence-electron chi connectivity index (χ0n) is 22.0. The molecule has 0 spiro atoms. The number of methoxy groups -OCH3 is 1. The third kappa shape index (κ3) is 8.06. The minimum Gasteiger partial charge on any atom is -0.496 e. The number of carbonyl (C=O) groups is 2. The Bertz CT molecular complexity index is 1060.